The Labute approximate surface area is 385 Å². The molecule has 8 nitrogen and oxygen atoms in total. The molecule has 1 unspecified atom stereocenters. The van der Waals surface area contributed by atoms with E-state index in [2.05, 4.69) is 20.8 Å². The molecular weight excluding hydrogens is 777 g/mol. The lowest BCUT2D eigenvalue weighted by Crippen LogP contribution is -2.21. The quantitative estimate of drug-likeness (QED) is 0.0350. The number of ether oxygens (including phenoxy) is 1. The molecule has 0 aromatic rings. The van der Waals surface area contributed by atoms with Crippen LogP contribution in [0.1, 0.15) is 310 Å². The third-order valence-corrected chi connectivity index (χ3v) is 11.9. The summed E-state index contributed by atoms with van der Waals surface area (Å²) in [5.74, 6) is -1.58. The second-order valence-electron chi connectivity index (χ2n) is 18.3. The zero-order valence-electron chi connectivity index (χ0n) is 41.7. The van der Waals surface area contributed by atoms with E-state index in [9.17, 15) is 14.4 Å². The number of esters is 1. The normalized spacial score (nSPS) is 11.4. The topological polar surface area (TPSA) is 141 Å². The van der Waals surface area contributed by atoms with Gasteiger partial charge in [0.15, 0.2) is 0 Å². The van der Waals surface area contributed by atoms with Crippen LogP contribution in [0.4, 0.5) is 0 Å². The fraction of sp³-hybridized carbons (Fsp3) is 0.944. The molecule has 0 aromatic heterocycles. The van der Waals surface area contributed by atoms with Crippen molar-refractivity contribution in [2.24, 2.45) is 0 Å². The number of hydrogen-bond acceptors (Lipinski definition) is 6. The first-order valence-corrected chi connectivity index (χ1v) is 27.1. The number of unbranched alkanes of at least 4 members (excludes halogenated alkanes) is 39. The highest BCUT2D eigenvalue weighted by atomic mass is 16.5. The molecule has 0 aliphatic rings. The maximum atomic E-state index is 11.4. The summed E-state index contributed by atoms with van der Waals surface area (Å²) in [6.07, 6.45) is 55.0. The molecule has 0 radical (unpaired) electrons. The summed E-state index contributed by atoms with van der Waals surface area (Å²) in [7, 11) is 0. The minimum Gasteiger partial charge on any atom is -0.481 e. The van der Waals surface area contributed by atoms with Crippen LogP contribution in [-0.2, 0) is 19.1 Å². The SMILES string of the molecule is CCCCCCCCCCCCCCCCC(=O)O.CCCCCCCCCCCCCCCCC(=O)O.CCCCCCCCCCCCCCCCC(=O)OCC(O)CO. The van der Waals surface area contributed by atoms with Gasteiger partial charge in [-0.15, -0.1) is 0 Å². The van der Waals surface area contributed by atoms with Gasteiger partial charge in [0.25, 0.3) is 0 Å². The highest BCUT2D eigenvalue weighted by molar-refractivity contribution is 5.69. The van der Waals surface area contributed by atoms with E-state index in [-0.39, 0.29) is 19.2 Å². The average Bonchev–Trinajstić information content (AvgIpc) is 3.26. The molecular formula is C54H108O8. The molecule has 0 fully saturated rings. The van der Waals surface area contributed by atoms with Crippen molar-refractivity contribution in [3.05, 3.63) is 0 Å². The lowest BCUT2D eigenvalue weighted by molar-refractivity contribution is -0.147. The number of hydrogen-bond donors (Lipinski definition) is 4. The van der Waals surface area contributed by atoms with Gasteiger partial charge in [-0.1, -0.05) is 271 Å². The molecule has 0 amide bonds. The van der Waals surface area contributed by atoms with Crippen LogP contribution in [0.15, 0.2) is 0 Å². The van der Waals surface area contributed by atoms with Crippen LogP contribution >= 0.6 is 0 Å². The predicted molar refractivity (Wildman–Crippen MR) is 264 cm³/mol. The Morgan fingerprint density at radius 3 is 0.726 bits per heavy atom. The first-order chi connectivity index (χ1) is 30.2. The summed E-state index contributed by atoms with van der Waals surface area (Å²) in [5, 5.41) is 34.7. The Morgan fingerprint density at radius 2 is 0.532 bits per heavy atom. The molecule has 0 aromatic carbocycles. The molecule has 0 aliphatic heterocycles. The number of aliphatic hydroxyl groups is 2. The molecule has 1 atom stereocenters. The lowest BCUT2D eigenvalue weighted by atomic mass is 10.0. The van der Waals surface area contributed by atoms with E-state index in [1.54, 1.807) is 0 Å². The van der Waals surface area contributed by atoms with Crippen LogP contribution in [0.3, 0.4) is 0 Å². The van der Waals surface area contributed by atoms with E-state index in [4.69, 9.17) is 25.2 Å². The number of rotatable bonds is 48. The maximum absolute atomic E-state index is 11.4. The molecule has 0 heterocycles. The largest absolute Gasteiger partial charge is 0.481 e. The average molecular weight is 885 g/mol. The molecule has 0 spiro atoms. The Bertz CT molecular complexity index is 823. The van der Waals surface area contributed by atoms with Crippen molar-refractivity contribution in [1.82, 2.24) is 0 Å². The molecule has 4 N–H and O–H groups in total. The first-order valence-electron chi connectivity index (χ1n) is 27.1. The van der Waals surface area contributed by atoms with Gasteiger partial charge >= 0.3 is 17.9 Å². The van der Waals surface area contributed by atoms with Gasteiger partial charge in [0.1, 0.15) is 12.7 Å². The smallest absolute Gasteiger partial charge is 0.305 e. The van der Waals surface area contributed by atoms with Gasteiger partial charge in [0.05, 0.1) is 6.61 Å². The van der Waals surface area contributed by atoms with Gasteiger partial charge in [-0.05, 0) is 19.3 Å². The first kappa shape index (κ1) is 64.6. The predicted octanol–water partition coefficient (Wildman–Crippen LogP) is 16.6. The van der Waals surface area contributed by atoms with Crippen molar-refractivity contribution < 1.29 is 39.5 Å². The molecule has 0 aliphatic carbocycles. The molecule has 0 bridgehead atoms. The maximum Gasteiger partial charge on any atom is 0.305 e. The van der Waals surface area contributed by atoms with Crippen LogP contribution in [0.5, 0.6) is 0 Å². The lowest BCUT2D eigenvalue weighted by Gasteiger charge is -2.08. The summed E-state index contributed by atoms with van der Waals surface area (Å²) >= 11 is 0. The number of carboxylic acid groups (broad SMARTS) is 2. The second kappa shape index (κ2) is 59.3. The van der Waals surface area contributed by atoms with Gasteiger partial charge in [-0.25, -0.2) is 0 Å². The molecule has 0 saturated heterocycles. The van der Waals surface area contributed by atoms with E-state index >= 15 is 0 Å². The Kier molecular flexibility index (Phi) is 61.8. The molecule has 0 saturated carbocycles. The monoisotopic (exact) mass is 885 g/mol. The van der Waals surface area contributed by atoms with Crippen molar-refractivity contribution in [3.63, 3.8) is 0 Å². The van der Waals surface area contributed by atoms with Crippen molar-refractivity contribution in [2.75, 3.05) is 13.2 Å². The van der Waals surface area contributed by atoms with Crippen molar-refractivity contribution in [2.45, 2.75) is 316 Å². The van der Waals surface area contributed by atoms with Gasteiger partial charge in [-0.2, -0.15) is 0 Å². The summed E-state index contributed by atoms with van der Waals surface area (Å²) in [5.41, 5.74) is 0. The van der Waals surface area contributed by atoms with Gasteiger partial charge in [0, 0.05) is 19.3 Å². The number of carboxylic acids is 2. The number of aliphatic carboxylic acids is 2. The highest BCUT2D eigenvalue weighted by Crippen LogP contribution is 2.16. The van der Waals surface area contributed by atoms with Crippen molar-refractivity contribution >= 4 is 17.9 Å². The third-order valence-electron chi connectivity index (χ3n) is 11.9. The molecule has 62 heavy (non-hydrogen) atoms. The molecule has 0 rings (SSSR count). The summed E-state index contributed by atoms with van der Waals surface area (Å²) in [6.45, 7) is 6.32. The summed E-state index contributed by atoms with van der Waals surface area (Å²) in [6, 6.07) is 0. The third kappa shape index (κ3) is 67.4. The van der Waals surface area contributed by atoms with Crippen LogP contribution in [-0.4, -0.2) is 57.7 Å². The van der Waals surface area contributed by atoms with Crippen LogP contribution < -0.4 is 0 Å². The standard InChI is InChI=1S/C20H40O4.2C17H34O2/c1-2-3-4-5-6-7-8-9-10-11-12-13-14-15-16-20(23)24-18-19(22)17-21;2*1-2-3-4-5-6-7-8-9-10-11-12-13-14-15-16-17(18)19/h19,21-22H,2-18H2,1H3;2*2-16H2,1H3,(H,18,19). The van der Waals surface area contributed by atoms with Crippen LogP contribution in [0.25, 0.3) is 0 Å². The van der Waals surface area contributed by atoms with Crippen molar-refractivity contribution in [3.8, 4) is 0 Å². The number of aliphatic hydroxyl groups excluding tert-OH is 2. The fourth-order valence-electron chi connectivity index (χ4n) is 7.72. The minimum atomic E-state index is -0.953. The number of carbonyl (C=O) groups is 3. The minimum absolute atomic E-state index is 0.103. The van der Waals surface area contributed by atoms with Gasteiger partial charge in [0.2, 0.25) is 0 Å². The zero-order chi connectivity index (χ0) is 46.3. The summed E-state index contributed by atoms with van der Waals surface area (Å²) < 4.78 is 4.86. The van der Waals surface area contributed by atoms with E-state index < -0.39 is 18.0 Å². The Balaban J connectivity index is -0.000000851. The van der Waals surface area contributed by atoms with Gasteiger partial charge in [-0.3, -0.25) is 14.4 Å². The second-order valence-corrected chi connectivity index (χ2v) is 18.3. The molecule has 372 valence electrons. The van der Waals surface area contributed by atoms with Gasteiger partial charge < -0.3 is 25.2 Å². The Morgan fingerprint density at radius 1 is 0.339 bits per heavy atom. The van der Waals surface area contributed by atoms with E-state index in [0.29, 0.717) is 19.3 Å². The fourth-order valence-corrected chi connectivity index (χ4v) is 7.72. The number of carbonyl (C=O) groups excluding carboxylic acids is 1. The summed E-state index contributed by atoms with van der Waals surface area (Å²) in [4.78, 5) is 32.0. The van der Waals surface area contributed by atoms with E-state index in [1.165, 1.54) is 231 Å². The zero-order valence-corrected chi connectivity index (χ0v) is 41.7. The van der Waals surface area contributed by atoms with Crippen molar-refractivity contribution in [1.29, 1.82) is 0 Å². The van der Waals surface area contributed by atoms with E-state index in [0.717, 1.165) is 38.5 Å². The van der Waals surface area contributed by atoms with E-state index in [1.807, 2.05) is 0 Å². The highest BCUT2D eigenvalue weighted by Gasteiger charge is 2.07. The molecule has 8 heteroatoms. The van der Waals surface area contributed by atoms with Crippen LogP contribution in [0.2, 0.25) is 0 Å². The Hall–Kier alpha value is -1.67. The van der Waals surface area contributed by atoms with Crippen LogP contribution in [0, 0.1) is 0 Å².